The Labute approximate surface area is 89.5 Å². The van der Waals surface area contributed by atoms with Crippen LogP contribution in [0.4, 0.5) is 4.39 Å². The van der Waals surface area contributed by atoms with Crippen molar-refractivity contribution < 1.29 is 43.3 Å². The van der Waals surface area contributed by atoms with Gasteiger partial charge < -0.3 is 29.8 Å². The van der Waals surface area contributed by atoms with Crippen LogP contribution in [0.25, 0.3) is 0 Å². The second-order valence-corrected chi connectivity index (χ2v) is 4.44. The fourth-order valence-electron chi connectivity index (χ4n) is 1.29. The zero-order valence-electron chi connectivity index (χ0n) is 7.88. The lowest BCUT2D eigenvalue weighted by molar-refractivity contribution is -0.138. The van der Waals surface area contributed by atoms with Crippen LogP contribution in [0.3, 0.4) is 0 Å². The average molecular weight is 262 g/mol. The highest BCUT2D eigenvalue weighted by Gasteiger charge is 2.49. The molecule has 5 atom stereocenters. The molecule has 0 unspecified atom stereocenters. The maximum atomic E-state index is 13.2. The molecule has 10 heteroatoms. The molecule has 96 valence electrons. The molecule has 0 spiro atoms. The monoisotopic (exact) mass is 262 g/mol. The van der Waals surface area contributed by atoms with Crippen molar-refractivity contribution in [3.8, 4) is 0 Å². The molecule has 0 aromatic rings. The summed E-state index contributed by atoms with van der Waals surface area (Å²) in [4.78, 5) is 16.8. The minimum Gasteiger partial charge on any atom is -0.394 e. The lowest BCUT2D eigenvalue weighted by atomic mass is 10.1. The summed E-state index contributed by atoms with van der Waals surface area (Å²) in [6.45, 7) is -0.795. The lowest BCUT2D eigenvalue weighted by Gasteiger charge is -2.18. The number of halogens is 1. The smallest absolute Gasteiger partial charge is 0.394 e. The molecule has 1 aliphatic rings. The molecule has 0 aromatic carbocycles. The zero-order chi connectivity index (χ0) is 12.5. The van der Waals surface area contributed by atoms with Crippen molar-refractivity contribution in [3.05, 3.63) is 0 Å². The third-order valence-corrected chi connectivity index (χ3v) is 2.50. The van der Waals surface area contributed by atoms with Crippen LogP contribution in [-0.2, 0) is 13.8 Å². The number of phosphoric ester groups is 1. The van der Waals surface area contributed by atoms with Crippen LogP contribution in [0.5, 0.6) is 0 Å². The molecule has 0 saturated carbocycles. The van der Waals surface area contributed by atoms with E-state index >= 15 is 0 Å². The molecular weight excluding hydrogens is 250 g/mol. The van der Waals surface area contributed by atoms with Gasteiger partial charge in [-0.1, -0.05) is 0 Å². The van der Waals surface area contributed by atoms with Crippen molar-refractivity contribution >= 4 is 7.82 Å². The van der Waals surface area contributed by atoms with Crippen LogP contribution in [0.1, 0.15) is 0 Å². The molecular formula is C6H12FO8P. The molecule has 5 N–H and O–H groups in total. The van der Waals surface area contributed by atoms with Gasteiger partial charge in [0.15, 0.2) is 6.17 Å². The summed E-state index contributed by atoms with van der Waals surface area (Å²) in [5.41, 5.74) is 0. The van der Waals surface area contributed by atoms with Crippen molar-refractivity contribution in [1.82, 2.24) is 0 Å². The number of hydrogen-bond acceptors (Lipinski definition) is 6. The first-order valence-corrected chi connectivity index (χ1v) is 5.79. The van der Waals surface area contributed by atoms with Crippen molar-refractivity contribution in [3.63, 3.8) is 0 Å². The van der Waals surface area contributed by atoms with E-state index in [-0.39, 0.29) is 0 Å². The third-order valence-electron chi connectivity index (χ3n) is 2.02. The molecule has 1 aliphatic heterocycles. The Morgan fingerprint density at radius 3 is 2.50 bits per heavy atom. The summed E-state index contributed by atoms with van der Waals surface area (Å²) < 4.78 is 32.1. The number of aliphatic hydroxyl groups excluding tert-OH is 3. The van der Waals surface area contributed by atoms with Crippen molar-refractivity contribution in [2.24, 2.45) is 0 Å². The van der Waals surface area contributed by atoms with E-state index < -0.39 is 45.2 Å². The molecule has 8 nitrogen and oxygen atoms in total. The number of alkyl halides is 1. The molecule has 1 fully saturated rings. The first-order valence-electron chi connectivity index (χ1n) is 4.26. The number of hydrogen-bond donors (Lipinski definition) is 5. The van der Waals surface area contributed by atoms with Crippen LogP contribution in [0, 0.1) is 0 Å². The third kappa shape index (κ3) is 3.19. The van der Waals surface area contributed by atoms with E-state index in [0.29, 0.717) is 0 Å². The highest BCUT2D eigenvalue weighted by Crippen LogP contribution is 2.42. The van der Waals surface area contributed by atoms with Gasteiger partial charge in [-0.05, 0) is 0 Å². The summed E-state index contributed by atoms with van der Waals surface area (Å²) in [7, 11) is -4.96. The zero-order valence-corrected chi connectivity index (χ0v) is 8.77. The fourth-order valence-corrected chi connectivity index (χ4v) is 1.73. The van der Waals surface area contributed by atoms with E-state index in [1.54, 1.807) is 0 Å². The lowest BCUT2D eigenvalue weighted by Crippen LogP contribution is -2.39. The largest absolute Gasteiger partial charge is 0.472 e. The molecule has 0 aromatic heterocycles. The van der Waals surface area contributed by atoms with Gasteiger partial charge in [0.25, 0.3) is 0 Å². The number of aliphatic hydroxyl groups is 3. The van der Waals surface area contributed by atoms with Gasteiger partial charge in [0, 0.05) is 0 Å². The van der Waals surface area contributed by atoms with E-state index in [4.69, 9.17) is 20.0 Å². The summed E-state index contributed by atoms with van der Waals surface area (Å²) in [5, 5.41) is 26.9. The van der Waals surface area contributed by atoms with E-state index in [9.17, 15) is 14.1 Å². The molecule has 1 saturated heterocycles. The molecule has 0 aliphatic carbocycles. The molecule has 0 bridgehead atoms. The van der Waals surface area contributed by atoms with Gasteiger partial charge in [-0.25, -0.2) is 8.96 Å². The summed E-state index contributed by atoms with van der Waals surface area (Å²) in [5.74, 6) is 0. The Kier molecular flexibility index (Phi) is 4.38. The summed E-state index contributed by atoms with van der Waals surface area (Å²) in [6.07, 6.45) is -9.12. The number of ether oxygens (including phenoxy) is 1. The Morgan fingerprint density at radius 1 is 1.50 bits per heavy atom. The maximum absolute atomic E-state index is 13.2. The minimum atomic E-state index is -4.96. The van der Waals surface area contributed by atoms with E-state index in [2.05, 4.69) is 9.26 Å². The highest BCUT2D eigenvalue weighted by atomic mass is 31.2. The topological polar surface area (TPSA) is 137 Å². The predicted molar refractivity (Wildman–Crippen MR) is 45.8 cm³/mol. The van der Waals surface area contributed by atoms with Gasteiger partial charge in [0.2, 0.25) is 6.29 Å². The predicted octanol–water partition coefficient (Wildman–Crippen LogP) is -2.13. The second-order valence-electron chi connectivity index (χ2n) is 3.25. The van der Waals surface area contributed by atoms with E-state index in [0.717, 1.165) is 0 Å². The van der Waals surface area contributed by atoms with Gasteiger partial charge in [-0.3, -0.25) is 4.52 Å². The summed E-state index contributed by atoms with van der Waals surface area (Å²) in [6, 6.07) is 0. The van der Waals surface area contributed by atoms with E-state index in [1.807, 2.05) is 0 Å². The fraction of sp³-hybridized carbons (Fsp3) is 1.00. The van der Waals surface area contributed by atoms with Gasteiger partial charge in [0.1, 0.15) is 18.3 Å². The minimum absolute atomic E-state index is 0.795. The van der Waals surface area contributed by atoms with Crippen LogP contribution in [0.2, 0.25) is 0 Å². The first kappa shape index (κ1) is 13.9. The van der Waals surface area contributed by atoms with Crippen LogP contribution >= 0.6 is 7.82 Å². The molecule has 0 amide bonds. The number of phosphoric acid groups is 1. The Hall–Kier alpha value is -0.120. The van der Waals surface area contributed by atoms with Gasteiger partial charge in [-0.2, -0.15) is 0 Å². The Bertz CT molecular complexity index is 282. The highest BCUT2D eigenvalue weighted by molar-refractivity contribution is 7.46. The quantitative estimate of drug-likeness (QED) is 0.362. The van der Waals surface area contributed by atoms with Crippen LogP contribution in [-0.4, -0.2) is 62.5 Å². The van der Waals surface area contributed by atoms with Gasteiger partial charge in [0.05, 0.1) is 6.61 Å². The molecule has 0 radical (unpaired) electrons. The van der Waals surface area contributed by atoms with Crippen molar-refractivity contribution in [2.45, 2.75) is 30.8 Å². The molecule has 1 rings (SSSR count). The van der Waals surface area contributed by atoms with Gasteiger partial charge >= 0.3 is 7.82 Å². The van der Waals surface area contributed by atoms with Crippen molar-refractivity contribution in [1.29, 1.82) is 0 Å². The van der Waals surface area contributed by atoms with E-state index in [1.165, 1.54) is 0 Å². The van der Waals surface area contributed by atoms with Crippen LogP contribution < -0.4 is 0 Å². The maximum Gasteiger partial charge on any atom is 0.472 e. The normalized spacial score (nSPS) is 37.6. The Morgan fingerprint density at radius 2 is 2.06 bits per heavy atom. The average Bonchev–Trinajstić information content (AvgIpc) is 2.43. The Balaban J connectivity index is 2.68. The van der Waals surface area contributed by atoms with Crippen LogP contribution in [0.15, 0.2) is 0 Å². The standard InChI is InChI=1S/C6H12FO8P/c7-3-4(10)5(2(9)1-8)14-6(3)15-16(11,12)13/h2-6,8-10H,1H2,(H2,11,12,13)/t2-,3-,4-,5+,6-/m1/s1. The first-order chi connectivity index (χ1) is 7.26. The summed E-state index contributed by atoms with van der Waals surface area (Å²) >= 11 is 0. The SMILES string of the molecule is O=P(O)(O)O[C@H]1O[C@@H]([C@H](O)CO)[C@H](O)[C@H]1F. The van der Waals surface area contributed by atoms with Crippen molar-refractivity contribution in [2.75, 3.05) is 6.61 Å². The van der Waals surface area contributed by atoms with Gasteiger partial charge in [-0.15, -0.1) is 0 Å². The second kappa shape index (κ2) is 5.03. The number of rotatable bonds is 4. The molecule has 1 heterocycles. The molecule has 16 heavy (non-hydrogen) atoms.